The van der Waals surface area contributed by atoms with Crippen LogP contribution in [0.1, 0.15) is 17.2 Å². The molecule has 1 aliphatic heterocycles. The molecule has 0 aliphatic carbocycles. The van der Waals surface area contributed by atoms with Crippen LogP contribution < -0.4 is 15.2 Å². The smallest absolute Gasteiger partial charge is 0.278 e. The minimum Gasteiger partial charge on any atom is -0.454 e. The topological polar surface area (TPSA) is 87.6 Å². The number of nitrogens with zero attached hydrogens (tertiary/aromatic N) is 1. The maximum absolute atomic E-state index is 11.2. The van der Waals surface area contributed by atoms with Crippen LogP contribution in [-0.4, -0.2) is 11.7 Å². The van der Waals surface area contributed by atoms with Crippen molar-refractivity contribution in [2.24, 2.45) is 5.73 Å². The van der Waals surface area contributed by atoms with Gasteiger partial charge in [0, 0.05) is 0 Å². The van der Waals surface area contributed by atoms with Crippen molar-refractivity contribution < 1.29 is 14.4 Å². The second-order valence-electron chi connectivity index (χ2n) is 4.06. The van der Waals surface area contributed by atoms with Gasteiger partial charge in [-0.05, 0) is 28.5 Å². The van der Waals surface area contributed by atoms with Gasteiger partial charge in [-0.2, -0.15) is 11.3 Å². The van der Waals surface area contributed by atoms with Gasteiger partial charge in [0.25, 0.3) is 5.69 Å². The number of hydrogen-bond acceptors (Lipinski definition) is 6. The summed E-state index contributed by atoms with van der Waals surface area (Å²) in [6.07, 6.45) is 0. The van der Waals surface area contributed by atoms with Crippen molar-refractivity contribution in [2.45, 2.75) is 6.04 Å². The first kappa shape index (κ1) is 14.6. The predicted octanol–water partition coefficient (Wildman–Crippen LogP) is 2.85. The predicted molar refractivity (Wildman–Crippen MR) is 76.8 cm³/mol. The number of nitrogens with two attached hydrogens (primary N) is 1. The van der Waals surface area contributed by atoms with Gasteiger partial charge in [0.05, 0.1) is 22.6 Å². The first-order valence-electron chi connectivity index (χ1n) is 5.52. The van der Waals surface area contributed by atoms with E-state index in [1.165, 1.54) is 17.4 Å². The third-order valence-electron chi connectivity index (χ3n) is 2.96. The summed E-state index contributed by atoms with van der Waals surface area (Å²) in [5.41, 5.74) is 7.31. The highest BCUT2D eigenvalue weighted by molar-refractivity contribution is 7.08. The Balaban J connectivity index is 0.00000147. The van der Waals surface area contributed by atoms with Gasteiger partial charge >= 0.3 is 0 Å². The zero-order valence-electron chi connectivity index (χ0n) is 10.1. The highest BCUT2D eigenvalue weighted by Gasteiger charge is 2.27. The van der Waals surface area contributed by atoms with Crippen LogP contribution in [0, 0.1) is 10.1 Å². The van der Waals surface area contributed by atoms with Crippen molar-refractivity contribution in [2.75, 3.05) is 6.79 Å². The summed E-state index contributed by atoms with van der Waals surface area (Å²) in [5, 5.41) is 14.9. The van der Waals surface area contributed by atoms with Crippen LogP contribution in [0.5, 0.6) is 11.5 Å². The molecule has 3 rings (SSSR count). The number of hydrogen-bond donors (Lipinski definition) is 1. The Hall–Kier alpha value is -1.83. The van der Waals surface area contributed by atoms with Crippen LogP contribution in [-0.2, 0) is 0 Å². The minimum absolute atomic E-state index is 0. The van der Waals surface area contributed by atoms with Gasteiger partial charge in [-0.15, -0.1) is 12.4 Å². The van der Waals surface area contributed by atoms with Gasteiger partial charge in [-0.3, -0.25) is 10.1 Å². The average molecular weight is 315 g/mol. The van der Waals surface area contributed by atoms with Crippen molar-refractivity contribution >= 4 is 29.4 Å². The molecule has 6 nitrogen and oxygen atoms in total. The Bertz CT molecular complexity index is 633. The Morgan fingerprint density at radius 1 is 1.35 bits per heavy atom. The summed E-state index contributed by atoms with van der Waals surface area (Å²) < 4.78 is 10.4. The number of nitro groups is 1. The lowest BCUT2D eigenvalue weighted by molar-refractivity contribution is -0.385. The number of benzene rings is 1. The van der Waals surface area contributed by atoms with Crippen molar-refractivity contribution in [1.82, 2.24) is 0 Å². The molecule has 1 aromatic carbocycles. The molecule has 8 heteroatoms. The number of ether oxygens (including phenoxy) is 2. The van der Waals surface area contributed by atoms with E-state index in [0.29, 0.717) is 17.1 Å². The van der Waals surface area contributed by atoms with E-state index in [9.17, 15) is 10.1 Å². The molecule has 106 valence electrons. The molecule has 0 bridgehead atoms. The monoisotopic (exact) mass is 314 g/mol. The summed E-state index contributed by atoms with van der Waals surface area (Å²) in [6.45, 7) is 0.0730. The Labute approximate surface area is 124 Å². The fraction of sp³-hybridized carbons (Fsp3) is 0.167. The van der Waals surface area contributed by atoms with Crippen molar-refractivity contribution in [3.63, 3.8) is 0 Å². The molecule has 0 saturated carbocycles. The normalized spacial score (nSPS) is 13.7. The molecule has 0 unspecified atom stereocenters. The van der Waals surface area contributed by atoms with Crippen LogP contribution in [0.15, 0.2) is 29.0 Å². The van der Waals surface area contributed by atoms with Crippen molar-refractivity contribution in [1.29, 1.82) is 0 Å². The van der Waals surface area contributed by atoms with Gasteiger partial charge < -0.3 is 15.2 Å². The molecule has 0 amide bonds. The molecular formula is C12H11ClN2O4S. The molecule has 2 aromatic rings. The van der Waals surface area contributed by atoms with Crippen LogP contribution in [0.25, 0.3) is 0 Å². The quantitative estimate of drug-likeness (QED) is 0.695. The number of nitro benzene ring substituents is 1. The van der Waals surface area contributed by atoms with E-state index in [1.54, 1.807) is 6.07 Å². The van der Waals surface area contributed by atoms with E-state index in [1.807, 2.05) is 16.8 Å². The Morgan fingerprint density at radius 2 is 2.05 bits per heavy atom. The standard InChI is InChI=1S/C12H10N2O4S.ClH/c13-12(7-1-2-19-5-7)8-3-10-11(18-6-17-10)4-9(8)14(15)16;/h1-5,12H,6,13H2;1H/t12-;/m0./s1. The molecular weight excluding hydrogens is 304 g/mol. The Kier molecular flexibility index (Phi) is 4.12. The number of fused-ring (bicyclic) bond motifs is 1. The number of rotatable bonds is 3. The van der Waals surface area contributed by atoms with Crippen LogP contribution in [0.2, 0.25) is 0 Å². The molecule has 20 heavy (non-hydrogen) atoms. The van der Waals surface area contributed by atoms with Crippen LogP contribution >= 0.6 is 23.7 Å². The van der Waals surface area contributed by atoms with E-state index in [4.69, 9.17) is 15.2 Å². The minimum atomic E-state index is -0.554. The Morgan fingerprint density at radius 3 is 2.65 bits per heavy atom. The second-order valence-corrected chi connectivity index (χ2v) is 4.84. The van der Waals surface area contributed by atoms with Gasteiger partial charge in [-0.1, -0.05) is 0 Å². The average Bonchev–Trinajstić information content (AvgIpc) is 3.06. The molecule has 2 heterocycles. The summed E-state index contributed by atoms with van der Waals surface area (Å²) in [6, 6.07) is 4.25. The van der Waals surface area contributed by atoms with E-state index in [2.05, 4.69) is 0 Å². The number of thiophene rings is 1. The number of halogens is 1. The fourth-order valence-corrected chi connectivity index (χ4v) is 2.68. The lowest BCUT2D eigenvalue weighted by Crippen LogP contribution is -2.13. The fourth-order valence-electron chi connectivity index (χ4n) is 1.99. The first-order chi connectivity index (χ1) is 9.16. The van der Waals surface area contributed by atoms with Gasteiger partial charge in [0.2, 0.25) is 6.79 Å². The summed E-state index contributed by atoms with van der Waals surface area (Å²) in [7, 11) is 0. The maximum Gasteiger partial charge on any atom is 0.278 e. The molecule has 2 N–H and O–H groups in total. The summed E-state index contributed by atoms with van der Waals surface area (Å²) in [4.78, 5) is 10.7. The molecule has 0 radical (unpaired) electrons. The second kappa shape index (κ2) is 5.66. The van der Waals surface area contributed by atoms with Gasteiger partial charge in [0.15, 0.2) is 11.5 Å². The van der Waals surface area contributed by atoms with Crippen LogP contribution in [0.3, 0.4) is 0 Å². The SMILES string of the molecule is Cl.N[C@@H](c1ccsc1)c1cc2c(cc1[N+](=O)[O-])OCO2. The molecule has 1 aliphatic rings. The maximum atomic E-state index is 11.2. The van der Waals surface area contributed by atoms with Crippen molar-refractivity contribution in [3.8, 4) is 11.5 Å². The summed E-state index contributed by atoms with van der Waals surface area (Å²) in [5.74, 6) is 0.874. The zero-order valence-corrected chi connectivity index (χ0v) is 11.8. The van der Waals surface area contributed by atoms with Gasteiger partial charge in [-0.25, -0.2) is 0 Å². The molecule has 0 spiro atoms. The lowest BCUT2D eigenvalue weighted by atomic mass is 10.00. The highest BCUT2D eigenvalue weighted by Crippen LogP contribution is 2.41. The molecule has 1 aromatic heterocycles. The third kappa shape index (κ3) is 2.43. The molecule has 1 atom stereocenters. The van der Waals surface area contributed by atoms with Crippen molar-refractivity contribution in [3.05, 3.63) is 50.2 Å². The van der Waals surface area contributed by atoms with E-state index in [0.717, 1.165) is 5.56 Å². The largest absolute Gasteiger partial charge is 0.454 e. The zero-order chi connectivity index (χ0) is 13.4. The van der Waals surface area contributed by atoms with Gasteiger partial charge in [0.1, 0.15) is 0 Å². The van der Waals surface area contributed by atoms with E-state index in [-0.39, 0.29) is 24.9 Å². The lowest BCUT2D eigenvalue weighted by Gasteiger charge is -2.11. The van der Waals surface area contributed by atoms with E-state index < -0.39 is 11.0 Å². The van der Waals surface area contributed by atoms with E-state index >= 15 is 0 Å². The first-order valence-corrected chi connectivity index (χ1v) is 6.46. The van der Waals surface area contributed by atoms with Crippen LogP contribution in [0.4, 0.5) is 5.69 Å². The molecule has 0 saturated heterocycles. The third-order valence-corrected chi connectivity index (χ3v) is 3.66. The summed E-state index contributed by atoms with van der Waals surface area (Å²) >= 11 is 1.50. The highest BCUT2D eigenvalue weighted by atomic mass is 35.5. The molecule has 0 fully saturated rings.